The maximum absolute atomic E-state index is 13.6. The normalized spacial score (nSPS) is 19.4. The number of carbonyl (C=O) groups excluding carboxylic acids is 2. The van der Waals surface area contributed by atoms with Crippen LogP contribution in [0.2, 0.25) is 0 Å². The molecule has 8 heteroatoms. The average Bonchev–Trinajstić information content (AvgIpc) is 3.19. The Kier molecular flexibility index (Phi) is 6.43. The van der Waals surface area contributed by atoms with Crippen molar-refractivity contribution in [2.24, 2.45) is 5.92 Å². The second-order valence-electron chi connectivity index (χ2n) is 8.91. The standard InChI is InChI=1S/C22H31N5O3/c1-15-8-9-18(27-24-10-11-25-27)17(13-15)20(28)26-12-6-7-16(2)19(26)14-23-21(29)30-22(3,4)5/h8-11,13,16,19H,6-7,12,14H2,1-5H3,(H,23,29)/t16-,19-/m1/s1. The van der Waals surface area contributed by atoms with E-state index in [0.717, 1.165) is 18.4 Å². The molecule has 0 spiro atoms. The number of nitrogens with one attached hydrogen (secondary N) is 1. The molecule has 1 aliphatic heterocycles. The van der Waals surface area contributed by atoms with E-state index in [-0.39, 0.29) is 17.9 Å². The molecular formula is C22H31N5O3. The number of aryl methyl sites for hydroxylation is 1. The number of nitrogens with zero attached hydrogens (tertiary/aromatic N) is 4. The van der Waals surface area contributed by atoms with Crippen molar-refractivity contribution in [1.29, 1.82) is 0 Å². The zero-order valence-electron chi connectivity index (χ0n) is 18.4. The predicted molar refractivity (Wildman–Crippen MR) is 114 cm³/mol. The van der Waals surface area contributed by atoms with Crippen LogP contribution in [0, 0.1) is 12.8 Å². The number of carbonyl (C=O) groups is 2. The molecule has 2 aromatic rings. The van der Waals surface area contributed by atoms with Crippen LogP contribution in [0.5, 0.6) is 0 Å². The summed E-state index contributed by atoms with van der Waals surface area (Å²) < 4.78 is 5.35. The van der Waals surface area contributed by atoms with Crippen molar-refractivity contribution in [1.82, 2.24) is 25.2 Å². The van der Waals surface area contributed by atoms with Crippen molar-refractivity contribution in [2.75, 3.05) is 13.1 Å². The average molecular weight is 414 g/mol. The third kappa shape index (κ3) is 5.17. The number of aromatic nitrogens is 3. The van der Waals surface area contributed by atoms with E-state index in [1.807, 2.05) is 50.8 Å². The van der Waals surface area contributed by atoms with Crippen LogP contribution in [0.25, 0.3) is 5.69 Å². The maximum atomic E-state index is 13.6. The highest BCUT2D eigenvalue weighted by molar-refractivity contribution is 5.98. The van der Waals surface area contributed by atoms with E-state index < -0.39 is 11.7 Å². The SMILES string of the molecule is Cc1ccc(-n2nccn2)c(C(=O)N2CCC[C@@H](C)[C@H]2CNC(=O)OC(C)(C)C)c1. The van der Waals surface area contributed by atoms with Crippen molar-refractivity contribution in [3.8, 4) is 5.69 Å². The molecule has 1 aromatic heterocycles. The molecule has 0 bridgehead atoms. The van der Waals surface area contributed by atoms with Gasteiger partial charge in [-0.25, -0.2) is 4.79 Å². The first kappa shape index (κ1) is 21.8. The number of amides is 2. The van der Waals surface area contributed by atoms with Gasteiger partial charge in [0.2, 0.25) is 0 Å². The van der Waals surface area contributed by atoms with Gasteiger partial charge in [-0.2, -0.15) is 15.0 Å². The summed E-state index contributed by atoms with van der Waals surface area (Å²) in [7, 11) is 0. The smallest absolute Gasteiger partial charge is 0.407 e. The Morgan fingerprint density at radius 3 is 2.60 bits per heavy atom. The number of likely N-dealkylation sites (tertiary alicyclic amines) is 1. The Morgan fingerprint density at radius 1 is 1.23 bits per heavy atom. The lowest BCUT2D eigenvalue weighted by molar-refractivity contribution is 0.0407. The summed E-state index contributed by atoms with van der Waals surface area (Å²) in [5, 5.41) is 11.2. The number of ether oxygens (including phenoxy) is 1. The Balaban J connectivity index is 1.83. The van der Waals surface area contributed by atoms with Crippen LogP contribution in [0.4, 0.5) is 4.79 Å². The van der Waals surface area contributed by atoms with Crippen LogP contribution in [0.3, 0.4) is 0 Å². The van der Waals surface area contributed by atoms with Crippen LogP contribution < -0.4 is 5.32 Å². The first-order chi connectivity index (χ1) is 14.2. The minimum Gasteiger partial charge on any atom is -0.444 e. The van der Waals surface area contributed by atoms with E-state index in [1.54, 1.807) is 12.4 Å². The van der Waals surface area contributed by atoms with Crippen molar-refractivity contribution in [3.63, 3.8) is 0 Å². The highest BCUT2D eigenvalue weighted by Gasteiger charge is 2.34. The summed E-state index contributed by atoms with van der Waals surface area (Å²) >= 11 is 0. The van der Waals surface area contributed by atoms with E-state index in [2.05, 4.69) is 22.4 Å². The van der Waals surface area contributed by atoms with Gasteiger partial charge < -0.3 is 15.0 Å². The van der Waals surface area contributed by atoms with Crippen molar-refractivity contribution >= 4 is 12.0 Å². The number of benzene rings is 1. The lowest BCUT2D eigenvalue weighted by Gasteiger charge is -2.40. The van der Waals surface area contributed by atoms with E-state index in [1.165, 1.54) is 4.80 Å². The maximum Gasteiger partial charge on any atom is 0.407 e. The quantitative estimate of drug-likeness (QED) is 0.830. The molecule has 1 aromatic carbocycles. The summed E-state index contributed by atoms with van der Waals surface area (Å²) in [5.74, 6) is 0.183. The Morgan fingerprint density at radius 2 is 1.93 bits per heavy atom. The predicted octanol–water partition coefficient (Wildman–Crippen LogP) is 3.34. The summed E-state index contributed by atoms with van der Waals surface area (Å²) in [6.07, 6.45) is 4.64. The highest BCUT2D eigenvalue weighted by atomic mass is 16.6. The van der Waals surface area contributed by atoms with Gasteiger partial charge in [0.1, 0.15) is 5.60 Å². The Hall–Kier alpha value is -2.90. The Labute approximate surface area is 177 Å². The molecule has 30 heavy (non-hydrogen) atoms. The molecule has 0 unspecified atom stereocenters. The minimum atomic E-state index is -0.564. The summed E-state index contributed by atoms with van der Waals surface area (Å²) in [6.45, 7) is 10.5. The molecule has 3 rings (SSSR count). The van der Waals surface area contributed by atoms with Crippen molar-refractivity contribution in [3.05, 3.63) is 41.7 Å². The number of hydrogen-bond donors (Lipinski definition) is 1. The second kappa shape index (κ2) is 8.85. The van der Waals surface area contributed by atoms with Crippen LogP contribution >= 0.6 is 0 Å². The molecule has 1 saturated heterocycles. The van der Waals surface area contributed by atoms with Gasteiger partial charge in [0, 0.05) is 13.1 Å². The number of hydrogen-bond acceptors (Lipinski definition) is 5. The van der Waals surface area contributed by atoms with Gasteiger partial charge in [-0.15, -0.1) is 0 Å². The van der Waals surface area contributed by atoms with Gasteiger partial charge in [-0.05, 0) is 58.6 Å². The zero-order chi connectivity index (χ0) is 21.9. The van der Waals surface area contributed by atoms with Crippen LogP contribution in [0.1, 0.15) is 56.5 Å². The number of alkyl carbamates (subject to hydrolysis) is 1. The van der Waals surface area contributed by atoms with E-state index in [0.29, 0.717) is 24.3 Å². The lowest BCUT2D eigenvalue weighted by Crippen LogP contribution is -2.53. The Bertz CT molecular complexity index is 889. The first-order valence-electron chi connectivity index (χ1n) is 10.4. The third-order valence-corrected chi connectivity index (χ3v) is 5.25. The minimum absolute atomic E-state index is 0.0754. The van der Waals surface area contributed by atoms with Gasteiger partial charge in [0.15, 0.2) is 0 Å². The first-order valence-corrected chi connectivity index (χ1v) is 10.4. The van der Waals surface area contributed by atoms with Crippen LogP contribution in [-0.2, 0) is 4.74 Å². The largest absolute Gasteiger partial charge is 0.444 e. The van der Waals surface area contributed by atoms with Gasteiger partial charge in [-0.1, -0.05) is 18.6 Å². The molecule has 2 heterocycles. The fraction of sp³-hybridized carbons (Fsp3) is 0.545. The van der Waals surface area contributed by atoms with E-state index >= 15 is 0 Å². The molecule has 1 N–H and O–H groups in total. The summed E-state index contributed by atoms with van der Waals surface area (Å²) in [4.78, 5) is 29.1. The number of rotatable bonds is 4. The summed E-state index contributed by atoms with van der Waals surface area (Å²) in [5.41, 5.74) is 1.63. The van der Waals surface area contributed by atoms with Crippen LogP contribution in [0.15, 0.2) is 30.6 Å². The van der Waals surface area contributed by atoms with Crippen molar-refractivity contribution < 1.29 is 14.3 Å². The molecule has 1 aliphatic rings. The second-order valence-corrected chi connectivity index (χ2v) is 8.91. The van der Waals surface area contributed by atoms with E-state index in [4.69, 9.17) is 4.74 Å². The molecule has 1 fully saturated rings. The van der Waals surface area contributed by atoms with Gasteiger partial charge in [0.05, 0.1) is 29.7 Å². The fourth-order valence-electron chi connectivity index (χ4n) is 3.81. The fourth-order valence-corrected chi connectivity index (χ4v) is 3.81. The van der Waals surface area contributed by atoms with Gasteiger partial charge in [0.25, 0.3) is 5.91 Å². The molecule has 0 radical (unpaired) electrons. The molecule has 162 valence electrons. The topological polar surface area (TPSA) is 89.4 Å². The van der Waals surface area contributed by atoms with Crippen LogP contribution in [-0.4, -0.2) is 56.6 Å². The lowest BCUT2D eigenvalue weighted by atomic mass is 9.90. The molecule has 2 amide bonds. The van der Waals surface area contributed by atoms with Gasteiger partial charge in [-0.3, -0.25) is 4.79 Å². The van der Waals surface area contributed by atoms with E-state index in [9.17, 15) is 9.59 Å². The highest BCUT2D eigenvalue weighted by Crippen LogP contribution is 2.27. The third-order valence-electron chi connectivity index (χ3n) is 5.25. The molecule has 0 aliphatic carbocycles. The van der Waals surface area contributed by atoms with Gasteiger partial charge >= 0.3 is 6.09 Å². The summed E-state index contributed by atoms with van der Waals surface area (Å²) in [6, 6.07) is 5.57. The molecule has 0 saturated carbocycles. The molecular weight excluding hydrogens is 382 g/mol. The molecule has 2 atom stereocenters. The number of piperidine rings is 1. The van der Waals surface area contributed by atoms with Crippen molar-refractivity contribution in [2.45, 2.75) is 59.1 Å². The monoisotopic (exact) mass is 413 g/mol. The zero-order valence-corrected chi connectivity index (χ0v) is 18.4. The molecule has 8 nitrogen and oxygen atoms in total.